The Kier molecular flexibility index (Phi) is 12.8. The molecule has 0 nitrogen and oxygen atoms in total. The van der Waals surface area contributed by atoms with Crippen molar-refractivity contribution in [2.45, 2.75) is 156 Å². The second kappa shape index (κ2) is 15.5. The van der Waals surface area contributed by atoms with Crippen LogP contribution >= 0.6 is 0 Å². The number of fused-ring (bicyclic) bond motifs is 2. The molecule has 0 aromatic rings. The van der Waals surface area contributed by atoms with Crippen LogP contribution in [0.2, 0.25) is 16.5 Å². The molecular formula is C47H74Zr2. The fourth-order valence-electron chi connectivity index (χ4n) is 12.2. The van der Waals surface area contributed by atoms with E-state index in [1.165, 1.54) is 70.6 Å². The molecule has 0 aliphatic heterocycles. The molecule has 0 saturated heterocycles. The normalized spacial score (nSPS) is 37.5. The topological polar surface area (TPSA) is 0 Å². The van der Waals surface area contributed by atoms with Crippen LogP contribution in [-0.2, 0) is 46.5 Å². The van der Waals surface area contributed by atoms with Crippen molar-refractivity contribution in [3.8, 4) is 0 Å². The Balaban J connectivity index is 0.000000191. The molecule has 0 aromatic heterocycles. The summed E-state index contributed by atoms with van der Waals surface area (Å²) in [6, 6.07) is 0. The van der Waals surface area contributed by atoms with Crippen LogP contribution in [0, 0.1) is 56.7 Å². The Labute approximate surface area is 328 Å². The summed E-state index contributed by atoms with van der Waals surface area (Å²) in [5, 5.41) is 0. The Hall–Kier alpha value is 0.206. The van der Waals surface area contributed by atoms with Gasteiger partial charge < -0.3 is 0 Å². The van der Waals surface area contributed by atoms with Crippen LogP contribution in [0.4, 0.5) is 0 Å². The summed E-state index contributed by atoms with van der Waals surface area (Å²) in [5.74, 6) is 4.35. The second-order valence-electron chi connectivity index (χ2n) is 19.8. The molecule has 9 unspecified atom stereocenters. The predicted octanol–water partition coefficient (Wildman–Crippen LogP) is 14.8. The summed E-state index contributed by atoms with van der Waals surface area (Å²) in [4.78, 5) is 0. The third-order valence-corrected chi connectivity index (χ3v) is 22.4. The van der Waals surface area contributed by atoms with Crippen LogP contribution < -0.4 is 0 Å². The Bertz CT molecular complexity index is 1350. The molecule has 0 amide bonds. The molecule has 0 spiro atoms. The predicted molar refractivity (Wildman–Crippen MR) is 208 cm³/mol. The van der Waals surface area contributed by atoms with Gasteiger partial charge in [0.05, 0.1) is 0 Å². The van der Waals surface area contributed by atoms with Crippen molar-refractivity contribution < 1.29 is 46.5 Å². The number of allylic oxidation sites excluding steroid dienone is 12. The molecule has 270 valence electrons. The molecular weight excluding hydrogens is 747 g/mol. The van der Waals surface area contributed by atoms with Crippen molar-refractivity contribution in [3.63, 3.8) is 0 Å². The first kappa shape index (κ1) is 40.4. The van der Waals surface area contributed by atoms with Crippen molar-refractivity contribution in [2.24, 2.45) is 56.7 Å². The molecule has 0 radical (unpaired) electrons. The molecule has 6 aliphatic rings. The summed E-state index contributed by atoms with van der Waals surface area (Å²) >= 11 is 0.614. The van der Waals surface area contributed by atoms with Crippen LogP contribution in [0.3, 0.4) is 0 Å². The molecule has 0 heterocycles. The van der Waals surface area contributed by atoms with E-state index >= 15 is 0 Å². The van der Waals surface area contributed by atoms with E-state index in [0.717, 1.165) is 36.8 Å². The van der Waals surface area contributed by atoms with Gasteiger partial charge in [-0.15, -0.1) is 0 Å². The summed E-state index contributed by atoms with van der Waals surface area (Å²) < 4.78 is 7.34. The van der Waals surface area contributed by atoms with Crippen molar-refractivity contribution in [1.82, 2.24) is 0 Å². The first-order valence-corrected chi connectivity index (χ1v) is 28.4. The monoisotopic (exact) mass is 818 g/mol. The van der Waals surface area contributed by atoms with E-state index in [1.54, 1.807) is 41.4 Å². The van der Waals surface area contributed by atoms with E-state index in [4.69, 9.17) is 0 Å². The minimum absolute atomic E-state index is 0.279. The zero-order chi connectivity index (χ0) is 36.0. The molecule has 2 fully saturated rings. The standard InChI is InChI=1S/C24H37.C21H31.2CH3.2Zr/c1-5-24(6-2)18-16-21-14-9-15-22(21)23(24,4)17-10-11-19(3)20-12-7-8-13-20;1-19(2,3)15-10-11-16(14-15)21(6)13-12-20(4,5)17-8-7-9-18(17)21;;;;/h7-8,12,15-16,18-19,21-22H,5-6,9-11,13-14,17H2,1-4H3;8,10,12-14,17-18H,7,9,11H2,1-6H3;2*1H3;;. The maximum atomic E-state index is 2.69. The molecule has 9 atom stereocenters. The summed E-state index contributed by atoms with van der Waals surface area (Å²) in [6.07, 6.45) is 37.6. The molecule has 2 saturated carbocycles. The second-order valence-corrected chi connectivity index (χ2v) is 28.7. The van der Waals surface area contributed by atoms with Crippen molar-refractivity contribution in [3.05, 3.63) is 71.4 Å². The average Bonchev–Trinajstić information content (AvgIpc) is 3.87. The van der Waals surface area contributed by atoms with E-state index in [9.17, 15) is 0 Å². The van der Waals surface area contributed by atoms with Gasteiger partial charge in [-0.2, -0.15) is 0 Å². The fourth-order valence-corrected chi connectivity index (χ4v) is 19.4. The van der Waals surface area contributed by atoms with Crippen LogP contribution in [0.1, 0.15) is 140 Å². The number of rotatable bonds is 9. The summed E-state index contributed by atoms with van der Waals surface area (Å²) in [7, 11) is 0. The molecule has 2 heteroatoms. The van der Waals surface area contributed by atoms with E-state index in [2.05, 4.69) is 133 Å². The third kappa shape index (κ3) is 7.75. The quantitative estimate of drug-likeness (QED) is 0.203. The van der Waals surface area contributed by atoms with Gasteiger partial charge in [-0.05, 0) is 0 Å². The number of hydrogen-bond donors (Lipinski definition) is 0. The molecule has 0 bridgehead atoms. The van der Waals surface area contributed by atoms with E-state index in [0.29, 0.717) is 16.2 Å². The molecule has 6 aliphatic carbocycles. The maximum absolute atomic E-state index is 2.69. The van der Waals surface area contributed by atoms with Gasteiger partial charge in [0.1, 0.15) is 0 Å². The van der Waals surface area contributed by atoms with Crippen molar-refractivity contribution in [1.29, 1.82) is 0 Å². The van der Waals surface area contributed by atoms with Gasteiger partial charge in [-0.25, -0.2) is 0 Å². The van der Waals surface area contributed by atoms with Gasteiger partial charge in [-0.3, -0.25) is 0 Å². The Morgan fingerprint density at radius 1 is 0.918 bits per heavy atom. The molecule has 0 N–H and O–H groups in total. The van der Waals surface area contributed by atoms with Crippen molar-refractivity contribution in [2.75, 3.05) is 0 Å². The minimum atomic E-state index is -1.18. The Morgan fingerprint density at radius 3 is 2.22 bits per heavy atom. The van der Waals surface area contributed by atoms with Gasteiger partial charge in [0, 0.05) is 0 Å². The van der Waals surface area contributed by atoms with E-state index in [1.807, 2.05) is 0 Å². The van der Waals surface area contributed by atoms with Gasteiger partial charge in [0.15, 0.2) is 0 Å². The summed E-state index contributed by atoms with van der Waals surface area (Å²) in [5.41, 5.74) is 6.79. The van der Waals surface area contributed by atoms with Gasteiger partial charge in [0.25, 0.3) is 0 Å². The SMILES string of the molecule is CCC1(CC)C=CC2CC[CH]([Zr])C2C1(C)CCCC(C)C1=CC=CC1.[CH3][Zr]([CH3])[CH]1CCC2C1C(C)(C)C=CC2(C)C1=CC(C(C)(C)C)=CC1. The number of hydrogen-bond acceptors (Lipinski definition) is 0. The first-order valence-electron chi connectivity index (χ1n) is 20.6. The van der Waals surface area contributed by atoms with Crippen LogP contribution in [-0.4, -0.2) is 0 Å². The van der Waals surface area contributed by atoms with E-state index in [-0.39, 0.29) is 10.8 Å². The van der Waals surface area contributed by atoms with Crippen LogP contribution in [0.15, 0.2) is 71.4 Å². The van der Waals surface area contributed by atoms with Gasteiger partial charge in [0.2, 0.25) is 0 Å². The fraction of sp³-hybridized carbons (Fsp3) is 0.745. The van der Waals surface area contributed by atoms with Gasteiger partial charge >= 0.3 is 331 Å². The van der Waals surface area contributed by atoms with Crippen LogP contribution in [0.25, 0.3) is 0 Å². The average molecular weight is 822 g/mol. The summed E-state index contributed by atoms with van der Waals surface area (Å²) in [6.45, 7) is 24.6. The third-order valence-electron chi connectivity index (χ3n) is 15.6. The van der Waals surface area contributed by atoms with E-state index < -0.39 is 21.8 Å². The zero-order valence-electron chi connectivity index (χ0n) is 34.0. The van der Waals surface area contributed by atoms with Gasteiger partial charge in [-0.1, -0.05) is 0 Å². The molecule has 0 aromatic carbocycles. The van der Waals surface area contributed by atoms with Crippen molar-refractivity contribution >= 4 is 0 Å². The molecule has 49 heavy (non-hydrogen) atoms. The first-order chi connectivity index (χ1) is 22.9. The molecule has 6 rings (SSSR count). The van der Waals surface area contributed by atoms with Crippen LogP contribution in [0.5, 0.6) is 0 Å². The Morgan fingerprint density at radius 2 is 1.63 bits per heavy atom. The zero-order valence-corrected chi connectivity index (χ0v) is 38.9.